The maximum atomic E-state index is 11.7. The van der Waals surface area contributed by atoms with E-state index in [0.717, 1.165) is 18.4 Å². The van der Waals surface area contributed by atoms with Crippen LogP contribution < -0.4 is 0 Å². The minimum Gasteiger partial charge on any atom is -0.465 e. The summed E-state index contributed by atoms with van der Waals surface area (Å²) >= 11 is 0. The molecular weight excluding hydrogens is 268 g/mol. The quantitative estimate of drug-likeness (QED) is 0.808. The van der Waals surface area contributed by atoms with Gasteiger partial charge in [0.25, 0.3) is 0 Å². The van der Waals surface area contributed by atoms with Gasteiger partial charge in [-0.2, -0.15) is 4.98 Å². The summed E-state index contributed by atoms with van der Waals surface area (Å²) in [5.41, 5.74) is 3.70. The zero-order valence-corrected chi connectivity index (χ0v) is 12.3. The number of carbonyl (C=O) groups excluding carboxylic acids is 1. The maximum Gasteiger partial charge on any atom is 0.318 e. The van der Waals surface area contributed by atoms with Crippen LogP contribution in [0.5, 0.6) is 0 Å². The van der Waals surface area contributed by atoms with Crippen molar-refractivity contribution < 1.29 is 14.1 Å². The van der Waals surface area contributed by atoms with Crippen molar-refractivity contribution in [3.63, 3.8) is 0 Å². The Morgan fingerprint density at radius 1 is 1.38 bits per heavy atom. The fourth-order valence-corrected chi connectivity index (χ4v) is 2.61. The Labute approximate surface area is 123 Å². The molecule has 1 aromatic heterocycles. The summed E-state index contributed by atoms with van der Waals surface area (Å²) in [6.45, 7) is 3.82. The Morgan fingerprint density at radius 3 is 3.00 bits per heavy atom. The number of benzene rings is 1. The summed E-state index contributed by atoms with van der Waals surface area (Å²) in [7, 11) is 0. The molecule has 5 heteroatoms. The van der Waals surface area contributed by atoms with Crippen LogP contribution in [-0.4, -0.2) is 22.7 Å². The number of esters is 1. The molecule has 1 heterocycles. The molecule has 1 aliphatic rings. The Hall–Kier alpha value is -2.17. The Kier molecular flexibility index (Phi) is 3.73. The SMILES string of the molecule is CCOC(=O)C(C)c1nc(-c2ccc3c(c2)CCC3)no1. The number of hydrogen-bond acceptors (Lipinski definition) is 5. The highest BCUT2D eigenvalue weighted by Gasteiger charge is 2.23. The van der Waals surface area contributed by atoms with Gasteiger partial charge in [0.05, 0.1) is 6.61 Å². The van der Waals surface area contributed by atoms with Crippen LogP contribution in [0.25, 0.3) is 11.4 Å². The number of rotatable bonds is 4. The molecule has 0 spiro atoms. The molecule has 3 rings (SSSR count). The lowest BCUT2D eigenvalue weighted by atomic mass is 10.1. The van der Waals surface area contributed by atoms with Crippen LogP contribution >= 0.6 is 0 Å². The summed E-state index contributed by atoms with van der Waals surface area (Å²) in [4.78, 5) is 16.0. The number of carbonyl (C=O) groups is 1. The summed E-state index contributed by atoms with van der Waals surface area (Å²) in [5, 5.41) is 3.98. The topological polar surface area (TPSA) is 65.2 Å². The second-order valence-corrected chi connectivity index (χ2v) is 5.27. The van der Waals surface area contributed by atoms with Crippen molar-refractivity contribution in [2.45, 2.75) is 39.0 Å². The number of fused-ring (bicyclic) bond motifs is 1. The normalized spacial score (nSPS) is 14.8. The fourth-order valence-electron chi connectivity index (χ4n) is 2.61. The molecule has 0 saturated heterocycles. The number of hydrogen-bond donors (Lipinski definition) is 0. The van der Waals surface area contributed by atoms with Crippen molar-refractivity contribution in [3.8, 4) is 11.4 Å². The largest absolute Gasteiger partial charge is 0.465 e. The minimum absolute atomic E-state index is 0.295. The Morgan fingerprint density at radius 2 is 2.19 bits per heavy atom. The fraction of sp³-hybridized carbons (Fsp3) is 0.438. The molecule has 1 aromatic carbocycles. The monoisotopic (exact) mass is 286 g/mol. The van der Waals surface area contributed by atoms with Gasteiger partial charge in [0.15, 0.2) is 0 Å². The second kappa shape index (κ2) is 5.68. The lowest BCUT2D eigenvalue weighted by Gasteiger charge is -2.04. The molecule has 21 heavy (non-hydrogen) atoms. The smallest absolute Gasteiger partial charge is 0.318 e. The maximum absolute atomic E-state index is 11.7. The molecule has 110 valence electrons. The molecule has 1 aliphatic carbocycles. The molecule has 5 nitrogen and oxygen atoms in total. The molecule has 0 saturated carbocycles. The first-order valence-corrected chi connectivity index (χ1v) is 7.31. The van der Waals surface area contributed by atoms with Gasteiger partial charge in [0.2, 0.25) is 11.7 Å². The van der Waals surface area contributed by atoms with E-state index in [-0.39, 0.29) is 5.97 Å². The average Bonchev–Trinajstić information content (AvgIpc) is 3.14. The molecule has 1 unspecified atom stereocenters. The van der Waals surface area contributed by atoms with Crippen LogP contribution in [-0.2, 0) is 22.4 Å². The summed E-state index contributed by atoms with van der Waals surface area (Å²) in [5.74, 6) is -0.0675. The highest BCUT2D eigenvalue weighted by atomic mass is 16.5. The van der Waals surface area contributed by atoms with Crippen molar-refractivity contribution >= 4 is 5.97 Å². The standard InChI is InChI=1S/C16H18N2O3/c1-3-20-16(19)10(2)15-17-14(18-21-15)13-8-7-11-5-4-6-12(11)9-13/h7-10H,3-6H2,1-2H3. The van der Waals surface area contributed by atoms with E-state index in [1.54, 1.807) is 13.8 Å². The van der Waals surface area contributed by atoms with Gasteiger partial charge in [-0.25, -0.2) is 0 Å². The van der Waals surface area contributed by atoms with Crippen molar-refractivity contribution in [2.75, 3.05) is 6.61 Å². The Balaban J connectivity index is 1.83. The third-order valence-corrected chi connectivity index (χ3v) is 3.81. The van der Waals surface area contributed by atoms with E-state index in [4.69, 9.17) is 9.26 Å². The molecule has 0 fully saturated rings. The summed E-state index contributed by atoms with van der Waals surface area (Å²) in [6.07, 6.45) is 3.45. The van der Waals surface area contributed by atoms with Gasteiger partial charge in [-0.3, -0.25) is 4.79 Å². The molecule has 0 amide bonds. The predicted octanol–water partition coefficient (Wildman–Crippen LogP) is 2.89. The predicted molar refractivity (Wildman–Crippen MR) is 76.8 cm³/mol. The number of aromatic nitrogens is 2. The molecule has 0 bridgehead atoms. The van der Waals surface area contributed by atoms with Crippen molar-refractivity contribution in [2.24, 2.45) is 0 Å². The molecular formula is C16H18N2O3. The zero-order chi connectivity index (χ0) is 14.8. The van der Waals surface area contributed by atoms with Gasteiger partial charge >= 0.3 is 5.97 Å². The highest BCUT2D eigenvalue weighted by Crippen LogP contribution is 2.27. The van der Waals surface area contributed by atoms with E-state index in [1.165, 1.54) is 17.5 Å². The zero-order valence-electron chi connectivity index (χ0n) is 12.3. The van der Waals surface area contributed by atoms with Crippen molar-refractivity contribution in [3.05, 3.63) is 35.2 Å². The van der Waals surface area contributed by atoms with Gasteiger partial charge in [-0.15, -0.1) is 0 Å². The lowest BCUT2D eigenvalue weighted by molar-refractivity contribution is -0.145. The van der Waals surface area contributed by atoms with E-state index in [0.29, 0.717) is 18.3 Å². The van der Waals surface area contributed by atoms with Crippen molar-refractivity contribution in [1.82, 2.24) is 10.1 Å². The van der Waals surface area contributed by atoms with Crippen LogP contribution in [0.1, 0.15) is 43.2 Å². The van der Waals surface area contributed by atoms with Crippen LogP contribution in [0.2, 0.25) is 0 Å². The Bertz CT molecular complexity index is 663. The van der Waals surface area contributed by atoms with Crippen LogP contribution in [0, 0.1) is 0 Å². The third-order valence-electron chi connectivity index (χ3n) is 3.81. The van der Waals surface area contributed by atoms with Gasteiger partial charge in [-0.05, 0) is 50.3 Å². The minimum atomic E-state index is -0.541. The van der Waals surface area contributed by atoms with E-state index in [2.05, 4.69) is 22.3 Å². The molecule has 1 atom stereocenters. The van der Waals surface area contributed by atoms with Gasteiger partial charge < -0.3 is 9.26 Å². The molecule has 0 N–H and O–H groups in total. The number of nitrogens with zero attached hydrogens (tertiary/aromatic N) is 2. The summed E-state index contributed by atoms with van der Waals surface area (Å²) < 4.78 is 10.2. The second-order valence-electron chi connectivity index (χ2n) is 5.27. The molecule has 2 aromatic rings. The van der Waals surface area contributed by atoms with E-state index < -0.39 is 5.92 Å². The highest BCUT2D eigenvalue weighted by molar-refractivity contribution is 5.76. The van der Waals surface area contributed by atoms with Gasteiger partial charge in [-0.1, -0.05) is 17.3 Å². The average molecular weight is 286 g/mol. The van der Waals surface area contributed by atoms with Crippen LogP contribution in [0.3, 0.4) is 0 Å². The number of aryl methyl sites for hydroxylation is 2. The van der Waals surface area contributed by atoms with Crippen molar-refractivity contribution in [1.29, 1.82) is 0 Å². The lowest BCUT2D eigenvalue weighted by Crippen LogP contribution is -2.13. The number of ether oxygens (including phenoxy) is 1. The first-order chi connectivity index (χ1) is 10.2. The first kappa shape index (κ1) is 13.8. The van der Waals surface area contributed by atoms with E-state index in [1.807, 2.05) is 6.07 Å². The van der Waals surface area contributed by atoms with Gasteiger partial charge in [0, 0.05) is 5.56 Å². The van der Waals surface area contributed by atoms with Crippen LogP contribution in [0.15, 0.2) is 22.7 Å². The molecule has 0 aliphatic heterocycles. The van der Waals surface area contributed by atoms with Crippen LogP contribution in [0.4, 0.5) is 0 Å². The van der Waals surface area contributed by atoms with E-state index in [9.17, 15) is 4.79 Å². The molecule has 0 radical (unpaired) electrons. The summed E-state index contributed by atoms with van der Waals surface area (Å²) in [6, 6.07) is 6.25. The van der Waals surface area contributed by atoms with E-state index >= 15 is 0 Å². The third kappa shape index (κ3) is 2.68. The first-order valence-electron chi connectivity index (χ1n) is 7.31. The van der Waals surface area contributed by atoms with Gasteiger partial charge in [0.1, 0.15) is 5.92 Å².